The van der Waals surface area contributed by atoms with E-state index < -0.39 is 0 Å². The van der Waals surface area contributed by atoms with E-state index in [0.29, 0.717) is 32.3 Å². The molecule has 7 heteroatoms. The normalized spacial score (nSPS) is 14.0. The summed E-state index contributed by atoms with van der Waals surface area (Å²) in [6.45, 7) is 2.44. The molecular formula is C13H20N4O3. The second kappa shape index (κ2) is 7.56. The summed E-state index contributed by atoms with van der Waals surface area (Å²) in [5.41, 5.74) is 3.36. The number of hydrogen-bond acceptors (Lipinski definition) is 5. The Hall–Kier alpha value is -1.99. The summed E-state index contributed by atoms with van der Waals surface area (Å²) in [5, 5.41) is 3.09. The van der Waals surface area contributed by atoms with Crippen molar-refractivity contribution in [1.82, 2.24) is 5.43 Å². The first-order valence-electron chi connectivity index (χ1n) is 6.50. The second-order valence-corrected chi connectivity index (χ2v) is 4.20. The summed E-state index contributed by atoms with van der Waals surface area (Å²) in [6.07, 6.45) is 0.838. The monoisotopic (exact) mass is 280 g/mol. The molecule has 0 fully saturated rings. The van der Waals surface area contributed by atoms with Gasteiger partial charge in [0.05, 0.1) is 0 Å². The molecule has 0 saturated heterocycles. The van der Waals surface area contributed by atoms with Crippen molar-refractivity contribution < 1.29 is 14.2 Å². The molecule has 0 aromatic heterocycles. The molecule has 110 valence electrons. The maximum absolute atomic E-state index is 5.52. The van der Waals surface area contributed by atoms with Crippen LogP contribution in [0.1, 0.15) is 6.42 Å². The number of methoxy groups -OCH3 is 1. The number of anilines is 1. The third-order valence-electron chi connectivity index (χ3n) is 2.72. The van der Waals surface area contributed by atoms with Crippen molar-refractivity contribution in [3.05, 3.63) is 18.2 Å². The average molecular weight is 280 g/mol. The highest BCUT2D eigenvalue weighted by Gasteiger charge is 2.12. The van der Waals surface area contributed by atoms with Crippen molar-refractivity contribution in [2.24, 2.45) is 10.8 Å². The summed E-state index contributed by atoms with van der Waals surface area (Å²) >= 11 is 0. The Morgan fingerprint density at radius 1 is 1.35 bits per heavy atom. The van der Waals surface area contributed by atoms with Gasteiger partial charge in [0.1, 0.15) is 13.2 Å². The van der Waals surface area contributed by atoms with E-state index in [9.17, 15) is 0 Å². The number of hydrogen-bond donors (Lipinski definition) is 3. The molecule has 0 aliphatic carbocycles. The highest BCUT2D eigenvalue weighted by atomic mass is 16.6. The van der Waals surface area contributed by atoms with E-state index in [1.807, 2.05) is 18.2 Å². The van der Waals surface area contributed by atoms with E-state index in [4.69, 9.17) is 20.1 Å². The van der Waals surface area contributed by atoms with Gasteiger partial charge in [0, 0.05) is 32.0 Å². The van der Waals surface area contributed by atoms with Gasteiger partial charge in [-0.2, -0.15) is 0 Å². The lowest BCUT2D eigenvalue weighted by molar-refractivity contribution is 0.171. The topological polar surface area (TPSA) is 90.1 Å². The van der Waals surface area contributed by atoms with Gasteiger partial charge in [-0.15, -0.1) is 0 Å². The molecule has 0 bridgehead atoms. The molecule has 1 aliphatic rings. The molecular weight excluding hydrogens is 260 g/mol. The van der Waals surface area contributed by atoms with Gasteiger partial charge in [0.25, 0.3) is 0 Å². The fourth-order valence-electron chi connectivity index (χ4n) is 1.78. The summed E-state index contributed by atoms with van der Waals surface area (Å²) < 4.78 is 15.9. The zero-order valence-corrected chi connectivity index (χ0v) is 11.5. The number of rotatable bonds is 5. The Morgan fingerprint density at radius 2 is 2.15 bits per heavy atom. The van der Waals surface area contributed by atoms with Crippen molar-refractivity contribution in [2.45, 2.75) is 6.42 Å². The molecule has 0 unspecified atom stereocenters. The van der Waals surface area contributed by atoms with Crippen LogP contribution in [0.2, 0.25) is 0 Å². The fraction of sp³-hybridized carbons (Fsp3) is 0.462. The Bertz CT molecular complexity index is 465. The smallest absolute Gasteiger partial charge is 0.210 e. The lowest BCUT2D eigenvalue weighted by atomic mass is 10.2. The number of nitrogens with two attached hydrogens (primary N) is 1. The number of fused-ring (bicyclic) bond motifs is 1. The Morgan fingerprint density at radius 3 is 2.90 bits per heavy atom. The summed E-state index contributed by atoms with van der Waals surface area (Å²) in [4.78, 5) is 4.30. The third kappa shape index (κ3) is 4.01. The third-order valence-corrected chi connectivity index (χ3v) is 2.72. The van der Waals surface area contributed by atoms with Crippen LogP contribution < -0.4 is 26.1 Å². The summed E-state index contributed by atoms with van der Waals surface area (Å²) in [5.74, 6) is 7.41. The van der Waals surface area contributed by atoms with E-state index in [-0.39, 0.29) is 0 Å². The predicted molar refractivity (Wildman–Crippen MR) is 77.2 cm³/mol. The first kappa shape index (κ1) is 14.4. The molecule has 1 aromatic carbocycles. The molecule has 0 saturated carbocycles. The minimum atomic E-state index is 0.498. The number of nitrogens with one attached hydrogen (secondary N) is 2. The van der Waals surface area contributed by atoms with Gasteiger partial charge >= 0.3 is 0 Å². The lowest BCUT2D eigenvalue weighted by Gasteiger charge is -2.19. The first-order valence-corrected chi connectivity index (χ1v) is 6.50. The predicted octanol–water partition coefficient (Wildman–Crippen LogP) is 0.725. The van der Waals surface area contributed by atoms with Crippen LogP contribution in [-0.2, 0) is 4.74 Å². The minimum absolute atomic E-state index is 0.498. The maximum atomic E-state index is 5.52. The van der Waals surface area contributed by atoms with E-state index in [2.05, 4.69) is 15.7 Å². The van der Waals surface area contributed by atoms with Gasteiger partial charge in [-0.05, 0) is 18.6 Å². The van der Waals surface area contributed by atoms with E-state index in [1.54, 1.807) is 7.11 Å². The Labute approximate surface area is 118 Å². The van der Waals surface area contributed by atoms with Crippen molar-refractivity contribution in [2.75, 3.05) is 38.8 Å². The summed E-state index contributed by atoms with van der Waals surface area (Å²) in [7, 11) is 1.67. The second-order valence-electron chi connectivity index (χ2n) is 4.20. The van der Waals surface area contributed by atoms with Crippen LogP contribution in [0.15, 0.2) is 23.2 Å². The minimum Gasteiger partial charge on any atom is -0.486 e. The van der Waals surface area contributed by atoms with Crippen LogP contribution in [0.5, 0.6) is 11.5 Å². The zero-order chi connectivity index (χ0) is 14.2. The standard InChI is InChI=1S/C13H20N4O3/c1-18-6-2-5-15-13(17-14)16-10-3-4-11-12(9-10)20-8-7-19-11/h3-4,9H,2,5-8,14H2,1H3,(H2,15,16,17). The van der Waals surface area contributed by atoms with Crippen molar-refractivity contribution >= 4 is 11.6 Å². The van der Waals surface area contributed by atoms with Crippen LogP contribution in [0.3, 0.4) is 0 Å². The number of aliphatic imine (C=N–C) groups is 1. The number of ether oxygens (including phenoxy) is 3. The molecule has 4 N–H and O–H groups in total. The van der Waals surface area contributed by atoms with Gasteiger partial charge in [-0.25, -0.2) is 5.84 Å². The Kier molecular flexibility index (Phi) is 5.45. The Balaban J connectivity index is 1.96. The molecule has 1 aliphatic heterocycles. The van der Waals surface area contributed by atoms with Crippen molar-refractivity contribution in [1.29, 1.82) is 0 Å². The molecule has 0 spiro atoms. The number of hydrazine groups is 1. The molecule has 7 nitrogen and oxygen atoms in total. The number of guanidine groups is 1. The average Bonchev–Trinajstić information content (AvgIpc) is 2.50. The van der Waals surface area contributed by atoms with E-state index in [0.717, 1.165) is 23.6 Å². The molecule has 0 amide bonds. The highest BCUT2D eigenvalue weighted by Crippen LogP contribution is 2.32. The first-order chi connectivity index (χ1) is 9.83. The van der Waals surface area contributed by atoms with Gasteiger partial charge in [-0.1, -0.05) is 0 Å². The van der Waals surface area contributed by atoms with E-state index in [1.165, 1.54) is 0 Å². The molecule has 1 aromatic rings. The molecule has 2 rings (SSSR count). The highest BCUT2D eigenvalue weighted by molar-refractivity contribution is 5.93. The van der Waals surface area contributed by atoms with Crippen LogP contribution in [-0.4, -0.2) is 39.4 Å². The van der Waals surface area contributed by atoms with Crippen LogP contribution in [0.4, 0.5) is 5.69 Å². The van der Waals surface area contributed by atoms with Crippen molar-refractivity contribution in [3.63, 3.8) is 0 Å². The van der Waals surface area contributed by atoms with Gasteiger partial charge < -0.3 is 19.5 Å². The van der Waals surface area contributed by atoms with Crippen molar-refractivity contribution in [3.8, 4) is 11.5 Å². The fourth-order valence-corrected chi connectivity index (χ4v) is 1.78. The van der Waals surface area contributed by atoms with E-state index >= 15 is 0 Å². The molecule has 0 radical (unpaired) electrons. The maximum Gasteiger partial charge on any atom is 0.210 e. The van der Waals surface area contributed by atoms with Crippen LogP contribution in [0, 0.1) is 0 Å². The number of nitrogens with zero attached hydrogens (tertiary/aromatic N) is 1. The number of benzene rings is 1. The molecule has 0 atom stereocenters. The SMILES string of the molecule is COCCCN=C(NN)Nc1ccc2c(c1)OCCO2. The molecule has 20 heavy (non-hydrogen) atoms. The quantitative estimate of drug-likeness (QED) is 0.242. The zero-order valence-electron chi connectivity index (χ0n) is 11.5. The van der Waals surface area contributed by atoms with Crippen LogP contribution >= 0.6 is 0 Å². The largest absolute Gasteiger partial charge is 0.486 e. The van der Waals surface area contributed by atoms with Gasteiger partial charge in [0.2, 0.25) is 5.96 Å². The molecule has 1 heterocycles. The van der Waals surface area contributed by atoms with Gasteiger partial charge in [-0.3, -0.25) is 10.4 Å². The lowest BCUT2D eigenvalue weighted by Crippen LogP contribution is -2.36. The van der Waals surface area contributed by atoms with Gasteiger partial charge in [0.15, 0.2) is 11.5 Å². The van der Waals surface area contributed by atoms with Crippen LogP contribution in [0.25, 0.3) is 0 Å². The summed E-state index contributed by atoms with van der Waals surface area (Å²) in [6, 6.07) is 5.60.